The van der Waals surface area contributed by atoms with Crippen LogP contribution >= 0.6 is 0 Å². The predicted molar refractivity (Wildman–Crippen MR) is 61.4 cm³/mol. The number of aryl methyl sites for hydroxylation is 2. The number of benzene rings is 1. The first-order valence-corrected chi connectivity index (χ1v) is 5.07. The highest BCUT2D eigenvalue weighted by Gasteiger charge is 2.05. The van der Waals surface area contributed by atoms with E-state index in [0.29, 0.717) is 0 Å². The molecule has 4 N–H and O–H groups in total. The second kappa shape index (κ2) is 5.36. The molecule has 1 aromatic carbocycles. The second-order valence-corrected chi connectivity index (χ2v) is 3.24. The summed E-state index contributed by atoms with van der Waals surface area (Å²) in [6.07, 6.45) is 1.79. The highest BCUT2D eigenvalue weighted by Crippen LogP contribution is 2.25. The van der Waals surface area contributed by atoms with Crippen molar-refractivity contribution in [3.8, 4) is 0 Å². The highest BCUT2D eigenvalue weighted by atomic mass is 16.5. The van der Waals surface area contributed by atoms with Crippen LogP contribution in [0.5, 0.6) is 0 Å². The van der Waals surface area contributed by atoms with Crippen LogP contribution in [-0.2, 0) is 12.8 Å². The maximum absolute atomic E-state index is 8.62. The Morgan fingerprint density at radius 2 is 1.87 bits per heavy atom. The fourth-order valence-corrected chi connectivity index (χ4v) is 1.50. The van der Waals surface area contributed by atoms with Crippen molar-refractivity contribution in [3.63, 3.8) is 0 Å². The summed E-state index contributed by atoms with van der Waals surface area (Å²) in [5.74, 6) is 0.0191. The molecule has 0 radical (unpaired) electrons. The van der Waals surface area contributed by atoms with Gasteiger partial charge in [0.1, 0.15) is 0 Å². The zero-order chi connectivity index (χ0) is 11.3. The minimum absolute atomic E-state index is 0.0191. The first-order chi connectivity index (χ1) is 7.22. The quantitative estimate of drug-likeness (QED) is 0.401. The van der Waals surface area contributed by atoms with Crippen molar-refractivity contribution < 1.29 is 5.21 Å². The smallest absolute Gasteiger partial charge is 0.218 e. The lowest BCUT2D eigenvalue weighted by Crippen LogP contribution is -2.27. The van der Waals surface area contributed by atoms with E-state index >= 15 is 0 Å². The predicted octanol–water partition coefficient (Wildman–Crippen LogP) is 1.74. The van der Waals surface area contributed by atoms with Crippen molar-refractivity contribution in [1.82, 2.24) is 5.48 Å². The Morgan fingerprint density at radius 1 is 1.33 bits per heavy atom. The lowest BCUT2D eigenvalue weighted by molar-refractivity contribution is 0.233. The molecule has 15 heavy (non-hydrogen) atoms. The van der Waals surface area contributed by atoms with Gasteiger partial charge in [-0.2, -0.15) is 0 Å². The van der Waals surface area contributed by atoms with E-state index < -0.39 is 0 Å². The molecule has 4 heteroatoms. The van der Waals surface area contributed by atoms with Crippen molar-refractivity contribution in [2.24, 2.45) is 10.7 Å². The SMILES string of the molecule is CCc1cccc(CC)c1N=C(N)NO. The van der Waals surface area contributed by atoms with Gasteiger partial charge in [-0.05, 0) is 24.0 Å². The van der Waals surface area contributed by atoms with Gasteiger partial charge in [0.05, 0.1) is 5.69 Å². The van der Waals surface area contributed by atoms with Gasteiger partial charge in [0, 0.05) is 0 Å². The molecule has 0 atom stereocenters. The van der Waals surface area contributed by atoms with Crippen molar-refractivity contribution in [2.75, 3.05) is 0 Å². The number of aliphatic imine (C=N–C) groups is 1. The molecular formula is C11H17N3O. The molecule has 0 aliphatic rings. The number of hydrogen-bond acceptors (Lipinski definition) is 2. The lowest BCUT2D eigenvalue weighted by atomic mass is 10.0. The van der Waals surface area contributed by atoms with Gasteiger partial charge in [-0.15, -0.1) is 0 Å². The Labute approximate surface area is 89.8 Å². The normalized spacial score (nSPS) is 11.5. The molecule has 1 aromatic rings. The first kappa shape index (κ1) is 11.5. The van der Waals surface area contributed by atoms with E-state index in [1.54, 1.807) is 0 Å². The Bertz CT molecular complexity index is 339. The topological polar surface area (TPSA) is 70.6 Å². The van der Waals surface area contributed by atoms with Crippen LogP contribution in [0.15, 0.2) is 23.2 Å². The molecule has 0 unspecified atom stereocenters. The Kier molecular flexibility index (Phi) is 4.12. The molecule has 1 rings (SSSR count). The third-order valence-electron chi connectivity index (χ3n) is 2.31. The minimum atomic E-state index is 0.0191. The first-order valence-electron chi connectivity index (χ1n) is 5.07. The van der Waals surface area contributed by atoms with Gasteiger partial charge in [-0.25, -0.2) is 10.5 Å². The van der Waals surface area contributed by atoms with Crippen molar-refractivity contribution in [3.05, 3.63) is 29.3 Å². The average Bonchev–Trinajstić information content (AvgIpc) is 2.29. The van der Waals surface area contributed by atoms with E-state index in [1.165, 1.54) is 0 Å². The molecule has 82 valence electrons. The van der Waals surface area contributed by atoms with Crippen molar-refractivity contribution in [2.45, 2.75) is 26.7 Å². The Hall–Kier alpha value is -1.55. The van der Waals surface area contributed by atoms with Crippen LogP contribution in [0.4, 0.5) is 5.69 Å². The van der Waals surface area contributed by atoms with E-state index in [4.69, 9.17) is 10.9 Å². The maximum atomic E-state index is 8.62. The van der Waals surface area contributed by atoms with Gasteiger partial charge < -0.3 is 5.73 Å². The zero-order valence-electron chi connectivity index (χ0n) is 9.12. The van der Waals surface area contributed by atoms with Crippen LogP contribution in [0.1, 0.15) is 25.0 Å². The molecule has 0 aromatic heterocycles. The number of rotatable bonds is 3. The molecule has 0 aliphatic heterocycles. The molecule has 0 aliphatic carbocycles. The monoisotopic (exact) mass is 207 g/mol. The number of para-hydroxylation sites is 1. The molecule has 4 nitrogen and oxygen atoms in total. The van der Waals surface area contributed by atoms with E-state index in [0.717, 1.165) is 29.7 Å². The summed E-state index contributed by atoms with van der Waals surface area (Å²) in [6.45, 7) is 4.13. The summed E-state index contributed by atoms with van der Waals surface area (Å²) in [5, 5.41) is 8.62. The van der Waals surface area contributed by atoms with Gasteiger partial charge >= 0.3 is 0 Å². The average molecular weight is 207 g/mol. The fraction of sp³-hybridized carbons (Fsp3) is 0.364. The number of guanidine groups is 1. The van der Waals surface area contributed by atoms with Gasteiger partial charge in [-0.3, -0.25) is 5.21 Å². The fourth-order valence-electron chi connectivity index (χ4n) is 1.50. The third kappa shape index (κ3) is 2.70. The van der Waals surface area contributed by atoms with Gasteiger partial charge in [0.15, 0.2) is 0 Å². The minimum Gasteiger partial charge on any atom is -0.368 e. The van der Waals surface area contributed by atoms with Crippen LogP contribution in [-0.4, -0.2) is 11.2 Å². The van der Waals surface area contributed by atoms with E-state index in [-0.39, 0.29) is 5.96 Å². The summed E-state index contributed by atoms with van der Waals surface area (Å²) in [4.78, 5) is 4.15. The highest BCUT2D eigenvalue weighted by molar-refractivity contribution is 5.81. The van der Waals surface area contributed by atoms with Gasteiger partial charge in [-0.1, -0.05) is 32.0 Å². The van der Waals surface area contributed by atoms with Crippen LogP contribution in [0.25, 0.3) is 0 Å². The number of nitrogens with zero attached hydrogens (tertiary/aromatic N) is 1. The number of hydrogen-bond donors (Lipinski definition) is 3. The van der Waals surface area contributed by atoms with Crippen LogP contribution < -0.4 is 11.2 Å². The van der Waals surface area contributed by atoms with Crippen LogP contribution in [0.3, 0.4) is 0 Å². The summed E-state index contributed by atoms with van der Waals surface area (Å²) >= 11 is 0. The molecule has 0 saturated carbocycles. The third-order valence-corrected chi connectivity index (χ3v) is 2.31. The van der Waals surface area contributed by atoms with Crippen molar-refractivity contribution in [1.29, 1.82) is 0 Å². The molecular weight excluding hydrogens is 190 g/mol. The van der Waals surface area contributed by atoms with Crippen molar-refractivity contribution >= 4 is 11.6 Å². The number of hydroxylamine groups is 1. The summed E-state index contributed by atoms with van der Waals surface area (Å²) in [5.41, 5.74) is 10.4. The summed E-state index contributed by atoms with van der Waals surface area (Å²) in [7, 11) is 0. The molecule has 0 saturated heterocycles. The summed E-state index contributed by atoms with van der Waals surface area (Å²) in [6, 6.07) is 6.05. The van der Waals surface area contributed by atoms with Crippen LogP contribution in [0, 0.1) is 0 Å². The summed E-state index contributed by atoms with van der Waals surface area (Å²) < 4.78 is 0. The largest absolute Gasteiger partial charge is 0.368 e. The maximum Gasteiger partial charge on any atom is 0.218 e. The standard InChI is InChI=1S/C11H17N3O/c1-3-8-6-5-7-9(4-2)10(8)13-11(12)14-15/h5-7,15H,3-4H2,1-2H3,(H3,12,13,14). The molecule has 0 amide bonds. The Balaban J connectivity index is 3.22. The molecule has 0 bridgehead atoms. The number of nitrogens with one attached hydrogen (secondary N) is 1. The van der Waals surface area contributed by atoms with E-state index in [1.807, 2.05) is 23.7 Å². The van der Waals surface area contributed by atoms with Gasteiger partial charge in [0.2, 0.25) is 5.96 Å². The Morgan fingerprint density at radius 3 is 2.27 bits per heavy atom. The lowest BCUT2D eigenvalue weighted by Gasteiger charge is -2.09. The molecule has 0 fully saturated rings. The van der Waals surface area contributed by atoms with Gasteiger partial charge in [0.25, 0.3) is 0 Å². The number of nitrogens with two attached hydrogens (primary N) is 1. The molecule has 0 heterocycles. The van der Waals surface area contributed by atoms with E-state index in [2.05, 4.69) is 18.8 Å². The van der Waals surface area contributed by atoms with Crippen LogP contribution in [0.2, 0.25) is 0 Å². The second-order valence-electron chi connectivity index (χ2n) is 3.24. The zero-order valence-corrected chi connectivity index (χ0v) is 9.12. The van der Waals surface area contributed by atoms with E-state index in [9.17, 15) is 0 Å². The molecule has 0 spiro atoms.